The quantitative estimate of drug-likeness (QED) is 0.785. The van der Waals surface area contributed by atoms with Crippen molar-refractivity contribution in [3.05, 3.63) is 65.4 Å². The number of nitrogens with zero attached hydrogens (tertiary/aromatic N) is 2. The number of aromatic nitrogens is 2. The van der Waals surface area contributed by atoms with Gasteiger partial charge >= 0.3 is 0 Å². The first-order chi connectivity index (χ1) is 9.78. The third kappa shape index (κ3) is 2.45. The second-order valence-corrected chi connectivity index (χ2v) is 5.14. The summed E-state index contributed by atoms with van der Waals surface area (Å²) >= 11 is 0. The molecule has 0 saturated heterocycles. The number of benzene rings is 2. The van der Waals surface area contributed by atoms with Crippen LogP contribution in [0.25, 0.3) is 10.9 Å². The number of fused-ring (bicyclic) bond motifs is 1. The number of para-hydroxylation sites is 1. The third-order valence-electron chi connectivity index (χ3n) is 3.49. The summed E-state index contributed by atoms with van der Waals surface area (Å²) in [5.74, 6) is 0. The van der Waals surface area contributed by atoms with Crippen molar-refractivity contribution in [2.45, 2.75) is 20.0 Å². The average Bonchev–Trinajstić information content (AvgIpc) is 2.78. The van der Waals surface area contributed by atoms with Gasteiger partial charge in [0.05, 0.1) is 17.8 Å². The number of rotatable bonds is 4. The molecule has 3 rings (SSSR count). The normalized spacial score (nSPS) is 11.1. The zero-order valence-electron chi connectivity index (χ0n) is 11.9. The van der Waals surface area contributed by atoms with E-state index in [2.05, 4.69) is 65.5 Å². The fourth-order valence-corrected chi connectivity index (χ4v) is 2.60. The van der Waals surface area contributed by atoms with Crippen molar-refractivity contribution in [2.24, 2.45) is 0 Å². The first-order valence-electron chi connectivity index (χ1n) is 6.92. The Morgan fingerprint density at radius 1 is 1.10 bits per heavy atom. The summed E-state index contributed by atoms with van der Waals surface area (Å²) in [4.78, 5) is 0. The molecule has 3 nitrogen and oxygen atoms in total. The zero-order chi connectivity index (χ0) is 13.9. The van der Waals surface area contributed by atoms with E-state index in [-0.39, 0.29) is 0 Å². The molecule has 0 aliphatic rings. The molecule has 102 valence electrons. The van der Waals surface area contributed by atoms with Crippen LogP contribution in [0.5, 0.6) is 0 Å². The van der Waals surface area contributed by atoms with Crippen LogP contribution >= 0.6 is 0 Å². The van der Waals surface area contributed by atoms with Gasteiger partial charge in [-0.2, -0.15) is 5.10 Å². The molecule has 20 heavy (non-hydrogen) atoms. The highest BCUT2D eigenvalue weighted by Gasteiger charge is 2.09. The topological polar surface area (TPSA) is 29.9 Å². The Kier molecular flexibility index (Phi) is 3.52. The van der Waals surface area contributed by atoms with Crippen LogP contribution in [0.1, 0.15) is 16.8 Å². The van der Waals surface area contributed by atoms with Crippen molar-refractivity contribution in [1.29, 1.82) is 0 Å². The molecule has 0 bridgehead atoms. The van der Waals surface area contributed by atoms with E-state index in [1.54, 1.807) is 0 Å². The summed E-state index contributed by atoms with van der Waals surface area (Å²) in [6, 6.07) is 17.0. The predicted octanol–water partition coefficient (Wildman–Crippen LogP) is 3.11. The van der Waals surface area contributed by atoms with E-state index in [9.17, 15) is 0 Å². The molecule has 0 spiro atoms. The molecule has 0 saturated carbocycles. The second kappa shape index (κ2) is 5.47. The molecule has 3 aromatic rings. The van der Waals surface area contributed by atoms with Crippen molar-refractivity contribution >= 4 is 10.9 Å². The lowest BCUT2D eigenvalue weighted by molar-refractivity contribution is 0.676. The van der Waals surface area contributed by atoms with Gasteiger partial charge in [-0.15, -0.1) is 0 Å². The molecule has 1 heterocycles. The number of nitrogens with one attached hydrogen (secondary N) is 1. The monoisotopic (exact) mass is 265 g/mol. The summed E-state index contributed by atoms with van der Waals surface area (Å²) in [6.45, 7) is 3.73. The molecule has 0 atom stereocenters. The van der Waals surface area contributed by atoms with E-state index in [0.29, 0.717) is 0 Å². The van der Waals surface area contributed by atoms with Crippen LogP contribution in [-0.4, -0.2) is 16.8 Å². The maximum atomic E-state index is 4.76. The van der Waals surface area contributed by atoms with Crippen molar-refractivity contribution in [1.82, 2.24) is 15.1 Å². The Labute approximate surface area is 119 Å². The first-order valence-corrected chi connectivity index (χ1v) is 6.92. The number of hydrogen-bond donors (Lipinski definition) is 1. The molecular formula is C17H19N3. The van der Waals surface area contributed by atoms with Crippen LogP contribution in [0.2, 0.25) is 0 Å². The molecule has 1 aromatic heterocycles. The summed E-state index contributed by atoms with van der Waals surface area (Å²) < 4.78 is 2.09. The largest absolute Gasteiger partial charge is 0.314 e. The Morgan fingerprint density at radius 3 is 2.75 bits per heavy atom. The summed E-state index contributed by atoms with van der Waals surface area (Å²) in [6.07, 6.45) is 0. The van der Waals surface area contributed by atoms with Gasteiger partial charge in [-0.3, -0.25) is 4.68 Å². The number of hydrogen-bond acceptors (Lipinski definition) is 2. The minimum atomic E-state index is 0.793. The van der Waals surface area contributed by atoms with E-state index in [0.717, 1.165) is 18.8 Å². The van der Waals surface area contributed by atoms with Gasteiger partial charge in [0, 0.05) is 11.9 Å². The van der Waals surface area contributed by atoms with Crippen molar-refractivity contribution in [3.8, 4) is 0 Å². The Balaban J connectivity index is 2.03. The van der Waals surface area contributed by atoms with E-state index in [1.165, 1.54) is 22.0 Å². The van der Waals surface area contributed by atoms with Gasteiger partial charge in [0.1, 0.15) is 0 Å². The standard InChI is InChI=1S/C17H19N3/c1-13-6-5-7-14(10-13)12-20-17-9-4-3-8-15(17)16(19-20)11-18-2/h3-10,18H,11-12H2,1-2H3. The highest BCUT2D eigenvalue weighted by molar-refractivity contribution is 5.82. The summed E-state index contributed by atoms with van der Waals surface area (Å²) in [7, 11) is 1.95. The fraction of sp³-hybridized carbons (Fsp3) is 0.235. The van der Waals surface area contributed by atoms with Gasteiger partial charge < -0.3 is 5.32 Å². The zero-order valence-corrected chi connectivity index (χ0v) is 11.9. The molecule has 2 aromatic carbocycles. The molecule has 3 heteroatoms. The van der Waals surface area contributed by atoms with Crippen LogP contribution in [-0.2, 0) is 13.1 Å². The van der Waals surface area contributed by atoms with Crippen molar-refractivity contribution in [2.75, 3.05) is 7.05 Å². The van der Waals surface area contributed by atoms with E-state index < -0.39 is 0 Å². The van der Waals surface area contributed by atoms with E-state index in [4.69, 9.17) is 5.10 Å². The molecule has 0 radical (unpaired) electrons. The maximum absolute atomic E-state index is 4.76. The highest BCUT2D eigenvalue weighted by Crippen LogP contribution is 2.19. The number of aryl methyl sites for hydroxylation is 1. The van der Waals surface area contributed by atoms with Gasteiger partial charge in [-0.25, -0.2) is 0 Å². The second-order valence-electron chi connectivity index (χ2n) is 5.14. The van der Waals surface area contributed by atoms with Crippen LogP contribution in [0.3, 0.4) is 0 Å². The molecule has 1 N–H and O–H groups in total. The lowest BCUT2D eigenvalue weighted by Crippen LogP contribution is -2.07. The minimum Gasteiger partial charge on any atom is -0.314 e. The summed E-state index contributed by atoms with van der Waals surface area (Å²) in [5.41, 5.74) is 4.87. The van der Waals surface area contributed by atoms with Gasteiger partial charge in [-0.05, 0) is 25.6 Å². The van der Waals surface area contributed by atoms with Gasteiger partial charge in [0.2, 0.25) is 0 Å². The SMILES string of the molecule is CNCc1nn(Cc2cccc(C)c2)c2ccccc12. The smallest absolute Gasteiger partial charge is 0.0841 e. The maximum Gasteiger partial charge on any atom is 0.0841 e. The Hall–Kier alpha value is -2.13. The Bertz CT molecular complexity index is 728. The van der Waals surface area contributed by atoms with Crippen LogP contribution in [0.4, 0.5) is 0 Å². The fourth-order valence-electron chi connectivity index (χ4n) is 2.60. The van der Waals surface area contributed by atoms with Crippen molar-refractivity contribution in [3.63, 3.8) is 0 Å². The molecular weight excluding hydrogens is 246 g/mol. The molecule has 0 unspecified atom stereocenters. The molecule has 0 aliphatic heterocycles. The van der Waals surface area contributed by atoms with Crippen LogP contribution < -0.4 is 5.32 Å². The molecule has 0 fully saturated rings. The van der Waals surface area contributed by atoms with E-state index in [1.807, 2.05) is 7.05 Å². The summed E-state index contributed by atoms with van der Waals surface area (Å²) in [5, 5.41) is 9.18. The van der Waals surface area contributed by atoms with Crippen LogP contribution in [0, 0.1) is 6.92 Å². The Morgan fingerprint density at radius 2 is 1.95 bits per heavy atom. The average molecular weight is 265 g/mol. The predicted molar refractivity (Wildman–Crippen MR) is 82.8 cm³/mol. The highest BCUT2D eigenvalue weighted by atomic mass is 15.3. The molecule has 0 amide bonds. The third-order valence-corrected chi connectivity index (χ3v) is 3.49. The van der Waals surface area contributed by atoms with Gasteiger partial charge in [0.25, 0.3) is 0 Å². The van der Waals surface area contributed by atoms with Gasteiger partial charge in [-0.1, -0.05) is 48.0 Å². The van der Waals surface area contributed by atoms with Crippen molar-refractivity contribution < 1.29 is 0 Å². The van der Waals surface area contributed by atoms with E-state index >= 15 is 0 Å². The first kappa shape index (κ1) is 12.9. The molecule has 0 aliphatic carbocycles. The van der Waals surface area contributed by atoms with Gasteiger partial charge in [0.15, 0.2) is 0 Å². The lowest BCUT2D eigenvalue weighted by atomic mass is 10.1. The minimum absolute atomic E-state index is 0.793. The lowest BCUT2D eigenvalue weighted by Gasteiger charge is -2.04. The van der Waals surface area contributed by atoms with Crippen LogP contribution in [0.15, 0.2) is 48.5 Å².